The standard InChI is InChI=1S/C15H17ClN6/c1-2-13-19-14-11-9-10(16)3-4-12(11)18-15(22(14)20-13)21-7-5-17-6-8-21/h3-4,9,17H,2,5-8H2,1H3. The van der Waals surface area contributed by atoms with Gasteiger partial charge in [-0.3, -0.25) is 0 Å². The van der Waals surface area contributed by atoms with Crippen molar-refractivity contribution in [1.82, 2.24) is 24.9 Å². The number of aromatic nitrogens is 4. The van der Waals surface area contributed by atoms with Gasteiger partial charge in [0.1, 0.15) is 0 Å². The molecule has 1 aliphatic rings. The van der Waals surface area contributed by atoms with E-state index in [0.29, 0.717) is 5.02 Å². The van der Waals surface area contributed by atoms with Crippen molar-refractivity contribution in [1.29, 1.82) is 0 Å². The van der Waals surface area contributed by atoms with Crippen LogP contribution in [0.2, 0.25) is 5.02 Å². The quantitative estimate of drug-likeness (QED) is 0.782. The second kappa shape index (κ2) is 5.37. The molecule has 1 aliphatic heterocycles. The minimum atomic E-state index is 0.687. The number of halogens is 1. The van der Waals surface area contributed by atoms with E-state index in [1.165, 1.54) is 0 Å². The van der Waals surface area contributed by atoms with E-state index in [4.69, 9.17) is 16.6 Å². The van der Waals surface area contributed by atoms with Gasteiger partial charge in [0.05, 0.1) is 5.52 Å². The van der Waals surface area contributed by atoms with Crippen LogP contribution in [-0.4, -0.2) is 45.8 Å². The number of hydrogen-bond donors (Lipinski definition) is 1. The molecule has 3 aromatic rings. The Morgan fingerprint density at radius 2 is 2.05 bits per heavy atom. The van der Waals surface area contributed by atoms with Crippen molar-refractivity contribution in [2.24, 2.45) is 0 Å². The number of nitrogens with zero attached hydrogens (tertiary/aromatic N) is 5. The number of nitrogens with one attached hydrogen (secondary N) is 1. The smallest absolute Gasteiger partial charge is 0.229 e. The van der Waals surface area contributed by atoms with Gasteiger partial charge in [0.2, 0.25) is 5.95 Å². The highest BCUT2D eigenvalue weighted by Crippen LogP contribution is 2.25. The van der Waals surface area contributed by atoms with E-state index in [9.17, 15) is 0 Å². The molecule has 114 valence electrons. The number of fused-ring (bicyclic) bond motifs is 3. The molecule has 1 fully saturated rings. The first-order valence-electron chi connectivity index (χ1n) is 7.57. The lowest BCUT2D eigenvalue weighted by Gasteiger charge is -2.28. The molecule has 0 saturated carbocycles. The SMILES string of the molecule is CCc1nc2c3cc(Cl)ccc3nc(N3CCNCC3)n2n1. The van der Waals surface area contributed by atoms with Gasteiger partial charge in [-0.05, 0) is 18.2 Å². The van der Waals surface area contributed by atoms with Crippen molar-refractivity contribution in [2.75, 3.05) is 31.1 Å². The molecule has 0 bridgehead atoms. The van der Waals surface area contributed by atoms with Crippen molar-refractivity contribution in [3.05, 3.63) is 29.0 Å². The maximum Gasteiger partial charge on any atom is 0.229 e. The third kappa shape index (κ3) is 2.19. The Bertz CT molecular complexity index is 837. The van der Waals surface area contributed by atoms with Crippen molar-refractivity contribution in [3.8, 4) is 0 Å². The normalized spacial score (nSPS) is 15.8. The van der Waals surface area contributed by atoms with E-state index in [2.05, 4.69) is 27.2 Å². The van der Waals surface area contributed by atoms with Crippen LogP contribution in [0.5, 0.6) is 0 Å². The van der Waals surface area contributed by atoms with E-state index < -0.39 is 0 Å². The van der Waals surface area contributed by atoms with E-state index in [-0.39, 0.29) is 0 Å². The Morgan fingerprint density at radius 3 is 2.82 bits per heavy atom. The van der Waals surface area contributed by atoms with Gasteiger partial charge >= 0.3 is 0 Å². The maximum atomic E-state index is 6.14. The average molecular weight is 317 g/mol. The Kier molecular flexibility index (Phi) is 3.35. The van der Waals surface area contributed by atoms with Gasteiger partial charge < -0.3 is 10.2 Å². The average Bonchev–Trinajstić information content (AvgIpc) is 3.00. The van der Waals surface area contributed by atoms with Gasteiger partial charge in [0.15, 0.2) is 11.5 Å². The summed E-state index contributed by atoms with van der Waals surface area (Å²) < 4.78 is 1.86. The van der Waals surface area contributed by atoms with Crippen molar-refractivity contribution in [3.63, 3.8) is 0 Å². The highest BCUT2D eigenvalue weighted by molar-refractivity contribution is 6.31. The van der Waals surface area contributed by atoms with Crippen LogP contribution in [0.1, 0.15) is 12.7 Å². The topological polar surface area (TPSA) is 58.4 Å². The first-order chi connectivity index (χ1) is 10.8. The fraction of sp³-hybridized carbons (Fsp3) is 0.400. The Labute approximate surface area is 133 Å². The highest BCUT2D eigenvalue weighted by atomic mass is 35.5. The maximum absolute atomic E-state index is 6.14. The number of rotatable bonds is 2. The van der Waals surface area contributed by atoms with Crippen molar-refractivity contribution >= 4 is 34.1 Å². The lowest BCUT2D eigenvalue weighted by molar-refractivity contribution is 0.574. The van der Waals surface area contributed by atoms with E-state index in [0.717, 1.165) is 60.9 Å². The molecule has 4 rings (SSSR count). The lowest BCUT2D eigenvalue weighted by atomic mass is 10.2. The summed E-state index contributed by atoms with van der Waals surface area (Å²) in [6, 6.07) is 5.73. The van der Waals surface area contributed by atoms with Crippen LogP contribution in [0.15, 0.2) is 18.2 Å². The molecule has 1 aromatic carbocycles. The van der Waals surface area contributed by atoms with Gasteiger partial charge in [0, 0.05) is 43.0 Å². The zero-order valence-electron chi connectivity index (χ0n) is 12.4. The number of benzene rings is 1. The lowest BCUT2D eigenvalue weighted by Crippen LogP contribution is -2.44. The molecule has 1 N–H and O–H groups in total. The van der Waals surface area contributed by atoms with E-state index in [1.54, 1.807) is 0 Å². The molecule has 6 nitrogen and oxygen atoms in total. The number of piperazine rings is 1. The third-order valence-electron chi connectivity index (χ3n) is 3.98. The largest absolute Gasteiger partial charge is 0.338 e. The predicted molar refractivity (Wildman–Crippen MR) is 87.8 cm³/mol. The van der Waals surface area contributed by atoms with E-state index >= 15 is 0 Å². The van der Waals surface area contributed by atoms with Crippen molar-refractivity contribution < 1.29 is 0 Å². The summed E-state index contributed by atoms with van der Waals surface area (Å²) in [6.07, 6.45) is 0.796. The third-order valence-corrected chi connectivity index (χ3v) is 4.21. The second-order valence-electron chi connectivity index (χ2n) is 5.43. The molecule has 0 atom stereocenters. The predicted octanol–water partition coefficient (Wildman–Crippen LogP) is 1.90. The van der Waals surface area contributed by atoms with Crippen LogP contribution in [0.25, 0.3) is 16.6 Å². The molecule has 0 amide bonds. The molecule has 3 heterocycles. The second-order valence-corrected chi connectivity index (χ2v) is 5.86. The summed E-state index contributed by atoms with van der Waals surface area (Å²) in [5.74, 6) is 1.68. The molecule has 1 saturated heterocycles. The minimum Gasteiger partial charge on any atom is -0.338 e. The summed E-state index contributed by atoms with van der Waals surface area (Å²) in [5.41, 5.74) is 1.73. The van der Waals surface area contributed by atoms with E-state index in [1.807, 2.05) is 22.7 Å². The van der Waals surface area contributed by atoms with Crippen LogP contribution >= 0.6 is 11.6 Å². The highest BCUT2D eigenvalue weighted by Gasteiger charge is 2.19. The Balaban J connectivity index is 2.01. The molecule has 22 heavy (non-hydrogen) atoms. The molecule has 7 heteroatoms. The molecular weight excluding hydrogens is 300 g/mol. The zero-order chi connectivity index (χ0) is 15.1. The van der Waals surface area contributed by atoms with Crippen LogP contribution in [0, 0.1) is 0 Å². The molecule has 0 aliphatic carbocycles. The number of aryl methyl sites for hydroxylation is 1. The summed E-state index contributed by atoms with van der Waals surface area (Å²) in [4.78, 5) is 11.7. The fourth-order valence-corrected chi connectivity index (χ4v) is 3.00. The van der Waals surface area contributed by atoms with Gasteiger partial charge in [0.25, 0.3) is 0 Å². The van der Waals surface area contributed by atoms with Crippen LogP contribution in [-0.2, 0) is 6.42 Å². The Hall–Kier alpha value is -1.92. The first-order valence-corrected chi connectivity index (χ1v) is 7.94. The van der Waals surface area contributed by atoms with Crippen molar-refractivity contribution in [2.45, 2.75) is 13.3 Å². The van der Waals surface area contributed by atoms with Gasteiger partial charge in [-0.1, -0.05) is 18.5 Å². The van der Waals surface area contributed by atoms with Crippen LogP contribution in [0.3, 0.4) is 0 Å². The summed E-state index contributed by atoms with van der Waals surface area (Å²) in [6.45, 7) is 5.81. The van der Waals surface area contributed by atoms with Crippen LogP contribution in [0.4, 0.5) is 5.95 Å². The number of hydrogen-bond acceptors (Lipinski definition) is 5. The number of anilines is 1. The molecular formula is C15H17ClN6. The molecule has 0 unspecified atom stereocenters. The first kappa shape index (κ1) is 13.7. The minimum absolute atomic E-state index is 0.687. The van der Waals surface area contributed by atoms with Crippen LogP contribution < -0.4 is 10.2 Å². The molecule has 0 radical (unpaired) electrons. The summed E-state index contributed by atoms with van der Waals surface area (Å²) in [7, 11) is 0. The zero-order valence-corrected chi connectivity index (χ0v) is 13.1. The Morgan fingerprint density at radius 1 is 1.23 bits per heavy atom. The fourth-order valence-electron chi connectivity index (χ4n) is 2.83. The van der Waals surface area contributed by atoms with Gasteiger partial charge in [-0.25, -0.2) is 9.97 Å². The van der Waals surface area contributed by atoms with Gasteiger partial charge in [-0.2, -0.15) is 4.52 Å². The monoisotopic (exact) mass is 316 g/mol. The van der Waals surface area contributed by atoms with Gasteiger partial charge in [-0.15, -0.1) is 5.10 Å². The molecule has 0 spiro atoms. The summed E-state index contributed by atoms with van der Waals surface area (Å²) >= 11 is 6.14. The molecule has 2 aromatic heterocycles. The summed E-state index contributed by atoms with van der Waals surface area (Å²) in [5, 5.41) is 9.62.